The van der Waals surface area contributed by atoms with Gasteiger partial charge in [-0.3, -0.25) is 14.5 Å². The van der Waals surface area contributed by atoms with Crippen LogP contribution in [0.5, 0.6) is 5.75 Å². The fourth-order valence-electron chi connectivity index (χ4n) is 3.62. The van der Waals surface area contributed by atoms with E-state index < -0.39 is 12.0 Å². The number of carbonyl (C=O) groups excluding carboxylic acids is 3. The highest BCUT2D eigenvalue weighted by Crippen LogP contribution is 2.37. The van der Waals surface area contributed by atoms with E-state index in [0.29, 0.717) is 19.3 Å². The molecule has 3 atom stereocenters. The molecule has 0 bridgehead atoms. The Kier molecular flexibility index (Phi) is 6.06. The van der Waals surface area contributed by atoms with E-state index in [1.807, 2.05) is 26.0 Å². The van der Waals surface area contributed by atoms with Crippen LogP contribution < -0.4 is 4.74 Å². The monoisotopic (exact) mass is 453 g/mol. The maximum Gasteiger partial charge on any atom is 0.334 e. The van der Waals surface area contributed by atoms with E-state index in [1.54, 1.807) is 18.2 Å². The van der Waals surface area contributed by atoms with Crippen molar-refractivity contribution in [2.75, 3.05) is 0 Å². The first-order chi connectivity index (χ1) is 12.8. The third kappa shape index (κ3) is 4.11. The molecule has 1 heterocycles. The van der Waals surface area contributed by atoms with Gasteiger partial charge in [-0.15, -0.1) is 0 Å². The normalized spacial score (nSPS) is 22.9. The van der Waals surface area contributed by atoms with Crippen molar-refractivity contribution in [1.82, 2.24) is 4.90 Å². The maximum atomic E-state index is 12.9. The summed E-state index contributed by atoms with van der Waals surface area (Å²) in [6.45, 7) is 3.87. The third-order valence-corrected chi connectivity index (χ3v) is 5.71. The highest BCUT2D eigenvalue weighted by Gasteiger charge is 2.51. The number of halogens is 2. The van der Waals surface area contributed by atoms with Crippen molar-refractivity contribution in [1.29, 1.82) is 0 Å². The highest BCUT2D eigenvalue weighted by molar-refractivity contribution is 9.10. The summed E-state index contributed by atoms with van der Waals surface area (Å²) in [5, 5.41) is 0.276. The molecule has 7 heteroatoms. The van der Waals surface area contributed by atoms with Crippen LogP contribution >= 0.6 is 27.5 Å². The van der Waals surface area contributed by atoms with Gasteiger partial charge in [0.2, 0.25) is 11.8 Å². The topological polar surface area (TPSA) is 63.7 Å². The van der Waals surface area contributed by atoms with Gasteiger partial charge in [-0.25, -0.2) is 4.79 Å². The lowest BCUT2D eigenvalue weighted by Gasteiger charge is -2.26. The molecule has 0 aromatic heterocycles. The van der Waals surface area contributed by atoms with Crippen molar-refractivity contribution in [3.05, 3.63) is 39.8 Å². The molecule has 3 rings (SSSR count). The quantitative estimate of drug-likeness (QED) is 0.287. The van der Waals surface area contributed by atoms with E-state index in [2.05, 4.69) is 15.9 Å². The zero-order valence-electron chi connectivity index (χ0n) is 15.2. The van der Waals surface area contributed by atoms with Crippen LogP contribution in [0.1, 0.15) is 33.1 Å². The summed E-state index contributed by atoms with van der Waals surface area (Å²) in [4.78, 5) is 39.8. The maximum absolute atomic E-state index is 12.9. The molecule has 0 spiro atoms. The Morgan fingerprint density at radius 1 is 1.22 bits per heavy atom. The van der Waals surface area contributed by atoms with Crippen LogP contribution in [0.15, 0.2) is 34.8 Å². The van der Waals surface area contributed by atoms with Gasteiger partial charge in [-0.2, -0.15) is 0 Å². The molecule has 1 saturated heterocycles. The number of allylic oxidation sites excluding steroid dienone is 2. The number of hydrogen-bond acceptors (Lipinski definition) is 4. The molecule has 27 heavy (non-hydrogen) atoms. The van der Waals surface area contributed by atoms with Gasteiger partial charge < -0.3 is 4.74 Å². The molecule has 0 radical (unpaired) electrons. The molecule has 1 aromatic rings. The van der Waals surface area contributed by atoms with Crippen molar-refractivity contribution in [2.45, 2.75) is 39.2 Å². The molecule has 144 valence electrons. The number of carbonyl (C=O) groups is 3. The van der Waals surface area contributed by atoms with E-state index in [4.69, 9.17) is 16.3 Å². The van der Waals surface area contributed by atoms with Crippen LogP contribution in [0.25, 0.3) is 0 Å². The Hall–Kier alpha value is -1.66. The van der Waals surface area contributed by atoms with Gasteiger partial charge in [0.15, 0.2) is 0 Å². The molecule has 1 aliphatic carbocycles. The Morgan fingerprint density at radius 3 is 2.33 bits per heavy atom. The van der Waals surface area contributed by atoms with Gasteiger partial charge in [0.25, 0.3) is 0 Å². The number of ether oxygens (including phenoxy) is 1. The number of hydrogen-bond donors (Lipinski definition) is 0. The molecule has 5 nitrogen and oxygen atoms in total. The van der Waals surface area contributed by atoms with Gasteiger partial charge >= 0.3 is 5.97 Å². The molecule has 0 N–H and O–H groups in total. The summed E-state index contributed by atoms with van der Waals surface area (Å²) in [6, 6.07) is 3.95. The van der Waals surface area contributed by atoms with Crippen LogP contribution in [0, 0.1) is 17.8 Å². The van der Waals surface area contributed by atoms with Crippen molar-refractivity contribution < 1.29 is 19.1 Å². The minimum absolute atomic E-state index is 0.101. The van der Waals surface area contributed by atoms with Gasteiger partial charge in [-0.05, 0) is 43.4 Å². The number of rotatable bonds is 5. The second kappa shape index (κ2) is 8.15. The SMILES string of the molecule is CC(C)CC(C(=O)Oc1ccc(Br)cc1Cl)N1C(=O)C2CC=CCC2C1=O. The summed E-state index contributed by atoms with van der Waals surface area (Å²) >= 11 is 9.44. The van der Waals surface area contributed by atoms with E-state index in [-0.39, 0.29) is 40.3 Å². The predicted octanol–water partition coefficient (Wildman–Crippen LogP) is 4.37. The lowest BCUT2D eigenvalue weighted by molar-refractivity contribution is -0.154. The molecular weight excluding hydrogens is 434 g/mol. The second-order valence-corrected chi connectivity index (χ2v) is 8.67. The van der Waals surface area contributed by atoms with Crippen LogP contribution in [-0.4, -0.2) is 28.7 Å². The Bertz CT molecular complexity index is 781. The van der Waals surface area contributed by atoms with Crippen LogP contribution in [0.4, 0.5) is 0 Å². The molecular formula is C20H21BrClNO4. The Balaban J connectivity index is 1.86. The van der Waals surface area contributed by atoms with Gasteiger partial charge in [0.05, 0.1) is 16.9 Å². The summed E-state index contributed by atoms with van der Waals surface area (Å²) in [5.41, 5.74) is 0. The molecule has 0 saturated carbocycles. The number of amides is 2. The summed E-state index contributed by atoms with van der Waals surface area (Å²) in [5.74, 6) is -1.64. The number of fused-ring (bicyclic) bond motifs is 1. The first kappa shape index (κ1) is 20.1. The lowest BCUT2D eigenvalue weighted by Crippen LogP contribution is -2.48. The number of nitrogens with zero attached hydrogens (tertiary/aromatic N) is 1. The smallest absolute Gasteiger partial charge is 0.334 e. The third-order valence-electron chi connectivity index (χ3n) is 4.92. The fraction of sp³-hybridized carbons (Fsp3) is 0.450. The molecule has 2 aliphatic rings. The predicted molar refractivity (Wildman–Crippen MR) is 105 cm³/mol. The fourth-order valence-corrected chi connectivity index (χ4v) is 4.33. The van der Waals surface area contributed by atoms with Crippen molar-refractivity contribution >= 4 is 45.3 Å². The summed E-state index contributed by atoms with van der Waals surface area (Å²) in [7, 11) is 0. The van der Waals surface area contributed by atoms with E-state index in [0.717, 1.165) is 9.37 Å². The van der Waals surface area contributed by atoms with Crippen LogP contribution in [0.2, 0.25) is 5.02 Å². The first-order valence-corrected chi connectivity index (χ1v) is 10.1. The van der Waals surface area contributed by atoms with Crippen LogP contribution in [0.3, 0.4) is 0 Å². The summed E-state index contributed by atoms with van der Waals surface area (Å²) < 4.78 is 6.23. The summed E-state index contributed by atoms with van der Waals surface area (Å²) in [6.07, 6.45) is 5.26. The van der Waals surface area contributed by atoms with Gasteiger partial charge in [-0.1, -0.05) is 53.5 Å². The minimum Gasteiger partial charge on any atom is -0.423 e. The molecule has 1 aliphatic heterocycles. The zero-order valence-corrected chi connectivity index (χ0v) is 17.5. The Morgan fingerprint density at radius 2 is 1.81 bits per heavy atom. The lowest BCUT2D eigenvalue weighted by atomic mass is 9.85. The number of benzene rings is 1. The second-order valence-electron chi connectivity index (χ2n) is 7.34. The number of imide groups is 1. The first-order valence-electron chi connectivity index (χ1n) is 8.98. The largest absolute Gasteiger partial charge is 0.423 e. The zero-order chi connectivity index (χ0) is 19.7. The number of likely N-dealkylation sites (tertiary alicyclic amines) is 1. The molecule has 3 unspecified atom stereocenters. The molecule has 1 aromatic carbocycles. The Labute approximate surface area is 171 Å². The van der Waals surface area contributed by atoms with Crippen molar-refractivity contribution in [3.63, 3.8) is 0 Å². The van der Waals surface area contributed by atoms with Crippen molar-refractivity contribution in [3.8, 4) is 5.75 Å². The minimum atomic E-state index is -0.949. The van der Waals surface area contributed by atoms with E-state index in [9.17, 15) is 14.4 Å². The average Bonchev–Trinajstić information content (AvgIpc) is 2.86. The molecule has 2 amide bonds. The highest BCUT2D eigenvalue weighted by atomic mass is 79.9. The van der Waals surface area contributed by atoms with Gasteiger partial charge in [0.1, 0.15) is 11.8 Å². The van der Waals surface area contributed by atoms with E-state index in [1.165, 1.54) is 0 Å². The average molecular weight is 455 g/mol. The van der Waals surface area contributed by atoms with Crippen LogP contribution in [-0.2, 0) is 14.4 Å². The van der Waals surface area contributed by atoms with E-state index >= 15 is 0 Å². The van der Waals surface area contributed by atoms with Crippen molar-refractivity contribution in [2.24, 2.45) is 17.8 Å². The molecule has 1 fully saturated rings. The van der Waals surface area contributed by atoms with Gasteiger partial charge in [0, 0.05) is 4.47 Å². The number of esters is 1. The standard InChI is InChI=1S/C20H21BrClNO4/c1-11(2)9-16(20(26)27-17-8-7-12(21)10-15(17)22)23-18(24)13-5-3-4-6-14(13)19(23)25/h3-4,7-8,10-11,13-14,16H,5-6,9H2,1-2H3.